The van der Waals surface area contributed by atoms with Crippen LogP contribution < -0.4 is 5.73 Å². The van der Waals surface area contributed by atoms with Crippen LogP contribution in [0.2, 0.25) is 0 Å². The molecule has 0 heterocycles. The number of unbranched alkanes of at least 4 members (excludes halogenated alkanes) is 1. The van der Waals surface area contributed by atoms with Crippen LogP contribution in [0, 0.1) is 0 Å². The van der Waals surface area contributed by atoms with Crippen molar-refractivity contribution in [2.45, 2.75) is 77.7 Å². The molecule has 0 saturated heterocycles. The van der Waals surface area contributed by atoms with Crippen LogP contribution in [0.25, 0.3) is 0 Å². The van der Waals surface area contributed by atoms with E-state index in [1.807, 2.05) is 25.2 Å². The number of carbonyl (C=O) groups is 2. The average Bonchev–Trinajstić information content (AvgIpc) is 2.90. The lowest BCUT2D eigenvalue weighted by molar-refractivity contribution is -0.160. The standard InChI is InChI=1S/C28H46NO8P/c1-3-5-7-8-9-10-11-12-13-14-15-16-17-18-19-21-28(31)37-26(24-34-27(30)20-6-4-2)25-36-38(32,33)35-23-22-29/h5,7,9-10,12-13,15-16,18-19,26H,3-4,6,8,11,14,17,20-25,29H2,1-2H3,(H,32,33)/b7-5-,10-9-,13-12-,16-15-,19-18-. The van der Waals surface area contributed by atoms with E-state index >= 15 is 0 Å². The predicted molar refractivity (Wildman–Crippen MR) is 150 cm³/mol. The molecule has 9 nitrogen and oxygen atoms in total. The highest BCUT2D eigenvalue weighted by Crippen LogP contribution is 2.43. The summed E-state index contributed by atoms with van der Waals surface area (Å²) in [5.74, 6) is -1.03. The molecule has 0 fully saturated rings. The smallest absolute Gasteiger partial charge is 0.462 e. The normalized spacial score (nSPS) is 14.7. The molecule has 0 radical (unpaired) electrons. The highest BCUT2D eigenvalue weighted by molar-refractivity contribution is 7.47. The van der Waals surface area contributed by atoms with E-state index in [4.69, 9.17) is 19.7 Å². The SMILES string of the molecule is CC/C=C\C/C=C\C/C=C\C/C=C\C/C=C\CC(=O)OC(COC(=O)CCCC)COP(=O)(O)OCCN. The number of allylic oxidation sites excluding steroid dienone is 9. The van der Waals surface area contributed by atoms with Crippen molar-refractivity contribution in [1.82, 2.24) is 0 Å². The van der Waals surface area contributed by atoms with Gasteiger partial charge in [0, 0.05) is 13.0 Å². The van der Waals surface area contributed by atoms with Crippen molar-refractivity contribution in [2.24, 2.45) is 5.73 Å². The lowest BCUT2D eigenvalue weighted by Gasteiger charge is -2.19. The first kappa shape index (κ1) is 35.7. The van der Waals surface area contributed by atoms with Gasteiger partial charge in [0.25, 0.3) is 0 Å². The molecule has 0 aliphatic heterocycles. The zero-order valence-electron chi connectivity index (χ0n) is 22.9. The third-order valence-electron chi connectivity index (χ3n) is 4.70. The molecule has 0 bridgehead atoms. The number of esters is 2. The quantitative estimate of drug-likeness (QED) is 0.0902. The molecule has 0 amide bonds. The van der Waals surface area contributed by atoms with Gasteiger partial charge in [-0.1, -0.05) is 81.0 Å². The Balaban J connectivity index is 4.43. The molecule has 0 aliphatic rings. The highest BCUT2D eigenvalue weighted by Gasteiger charge is 2.25. The Morgan fingerprint density at radius 1 is 0.816 bits per heavy atom. The Bertz CT molecular complexity index is 820. The monoisotopic (exact) mass is 555 g/mol. The molecule has 0 aromatic rings. The lowest BCUT2D eigenvalue weighted by atomic mass is 10.2. The van der Waals surface area contributed by atoms with Crippen molar-refractivity contribution in [3.63, 3.8) is 0 Å². The van der Waals surface area contributed by atoms with E-state index in [1.54, 1.807) is 6.08 Å². The fraction of sp³-hybridized carbons (Fsp3) is 0.571. The maximum atomic E-state index is 12.2. The van der Waals surface area contributed by atoms with Gasteiger partial charge in [-0.05, 0) is 38.5 Å². The van der Waals surface area contributed by atoms with Gasteiger partial charge in [0.05, 0.1) is 19.6 Å². The van der Waals surface area contributed by atoms with Crippen molar-refractivity contribution < 1.29 is 37.6 Å². The lowest BCUT2D eigenvalue weighted by Crippen LogP contribution is -2.29. The first-order valence-electron chi connectivity index (χ1n) is 13.3. The summed E-state index contributed by atoms with van der Waals surface area (Å²) in [4.78, 5) is 33.7. The Labute approximate surface area is 228 Å². The molecule has 0 spiro atoms. The third-order valence-corrected chi connectivity index (χ3v) is 5.69. The first-order chi connectivity index (χ1) is 18.3. The summed E-state index contributed by atoms with van der Waals surface area (Å²) in [6.07, 6.45) is 25.5. The maximum absolute atomic E-state index is 12.2. The van der Waals surface area contributed by atoms with Gasteiger partial charge in [-0.25, -0.2) is 4.57 Å². The molecule has 216 valence electrons. The molecule has 2 atom stereocenters. The van der Waals surface area contributed by atoms with Crippen molar-refractivity contribution in [3.05, 3.63) is 60.8 Å². The number of rotatable bonds is 23. The number of phosphoric acid groups is 1. The Morgan fingerprint density at radius 3 is 1.89 bits per heavy atom. The summed E-state index contributed by atoms with van der Waals surface area (Å²) in [7, 11) is -4.37. The summed E-state index contributed by atoms with van der Waals surface area (Å²) < 4.78 is 31.8. The van der Waals surface area contributed by atoms with Crippen LogP contribution in [0.5, 0.6) is 0 Å². The van der Waals surface area contributed by atoms with Gasteiger partial charge in [-0.15, -0.1) is 0 Å². The maximum Gasteiger partial charge on any atom is 0.472 e. The van der Waals surface area contributed by atoms with Gasteiger partial charge in [-0.2, -0.15) is 0 Å². The molecule has 3 N–H and O–H groups in total. The summed E-state index contributed by atoms with van der Waals surface area (Å²) in [5.41, 5.74) is 5.25. The fourth-order valence-electron chi connectivity index (χ4n) is 2.74. The molecular formula is C28H46NO8P. The third kappa shape index (κ3) is 24.1. The Hall–Kier alpha value is -2.29. The first-order valence-corrected chi connectivity index (χ1v) is 14.8. The fourth-order valence-corrected chi connectivity index (χ4v) is 3.51. The van der Waals surface area contributed by atoms with Gasteiger partial charge in [-0.3, -0.25) is 18.6 Å². The zero-order valence-corrected chi connectivity index (χ0v) is 23.8. The molecule has 0 aromatic carbocycles. The van der Waals surface area contributed by atoms with Crippen LogP contribution >= 0.6 is 7.82 Å². The van der Waals surface area contributed by atoms with Gasteiger partial charge in [0.2, 0.25) is 0 Å². The van der Waals surface area contributed by atoms with Crippen molar-refractivity contribution in [1.29, 1.82) is 0 Å². The Morgan fingerprint density at radius 2 is 1.37 bits per heavy atom. The van der Waals surface area contributed by atoms with Gasteiger partial charge < -0.3 is 20.1 Å². The summed E-state index contributed by atoms with van der Waals surface area (Å²) in [6.45, 7) is 3.16. The second-order valence-electron chi connectivity index (χ2n) is 8.20. The molecule has 38 heavy (non-hydrogen) atoms. The van der Waals surface area contributed by atoms with E-state index in [1.165, 1.54) is 0 Å². The van der Waals surface area contributed by atoms with Gasteiger partial charge >= 0.3 is 19.8 Å². The van der Waals surface area contributed by atoms with Gasteiger partial charge in [0.1, 0.15) is 6.61 Å². The molecule has 10 heteroatoms. The van der Waals surface area contributed by atoms with Crippen LogP contribution in [-0.4, -0.2) is 49.3 Å². The minimum absolute atomic E-state index is 0.00569. The second-order valence-corrected chi connectivity index (χ2v) is 9.65. The van der Waals surface area contributed by atoms with E-state index in [2.05, 4.69) is 47.9 Å². The highest BCUT2D eigenvalue weighted by atomic mass is 31.2. The van der Waals surface area contributed by atoms with E-state index in [-0.39, 0.29) is 32.6 Å². The minimum Gasteiger partial charge on any atom is -0.462 e. The number of carbonyl (C=O) groups excluding carboxylic acids is 2. The summed E-state index contributed by atoms with van der Waals surface area (Å²) >= 11 is 0. The second kappa shape index (κ2) is 25.0. The van der Waals surface area contributed by atoms with Crippen LogP contribution in [0.3, 0.4) is 0 Å². The molecule has 0 rings (SSSR count). The number of ether oxygens (including phenoxy) is 2. The minimum atomic E-state index is -4.37. The molecule has 0 saturated carbocycles. The molecule has 0 aromatic heterocycles. The van der Waals surface area contributed by atoms with Crippen molar-refractivity contribution in [3.8, 4) is 0 Å². The van der Waals surface area contributed by atoms with Crippen molar-refractivity contribution >= 4 is 19.8 Å². The zero-order chi connectivity index (χ0) is 28.3. The number of hydrogen-bond donors (Lipinski definition) is 2. The number of nitrogens with two attached hydrogens (primary N) is 1. The van der Waals surface area contributed by atoms with E-state index in [0.717, 1.165) is 32.1 Å². The van der Waals surface area contributed by atoms with Crippen LogP contribution in [0.1, 0.15) is 71.6 Å². The molecule has 2 unspecified atom stereocenters. The predicted octanol–water partition coefficient (Wildman–Crippen LogP) is 5.87. The van der Waals surface area contributed by atoms with Crippen molar-refractivity contribution in [2.75, 3.05) is 26.4 Å². The number of phosphoric ester groups is 1. The van der Waals surface area contributed by atoms with E-state index in [0.29, 0.717) is 12.8 Å². The Kier molecular flexibility index (Phi) is 23.5. The molecular weight excluding hydrogens is 509 g/mol. The summed E-state index contributed by atoms with van der Waals surface area (Å²) in [6, 6.07) is 0. The largest absolute Gasteiger partial charge is 0.472 e. The van der Waals surface area contributed by atoms with E-state index in [9.17, 15) is 19.0 Å². The number of hydrogen-bond acceptors (Lipinski definition) is 8. The van der Waals surface area contributed by atoms with Crippen LogP contribution in [0.4, 0.5) is 0 Å². The average molecular weight is 556 g/mol. The van der Waals surface area contributed by atoms with E-state index < -0.39 is 32.5 Å². The summed E-state index contributed by atoms with van der Waals surface area (Å²) in [5, 5.41) is 0. The van der Waals surface area contributed by atoms with Crippen LogP contribution in [-0.2, 0) is 32.7 Å². The molecule has 0 aliphatic carbocycles. The van der Waals surface area contributed by atoms with Crippen LogP contribution in [0.15, 0.2) is 60.8 Å². The topological polar surface area (TPSA) is 134 Å². The van der Waals surface area contributed by atoms with Gasteiger partial charge in [0.15, 0.2) is 6.10 Å².